The number of aromatic nitrogens is 4. The van der Waals surface area contributed by atoms with Gasteiger partial charge in [0.1, 0.15) is 17.8 Å². The van der Waals surface area contributed by atoms with E-state index in [2.05, 4.69) is 25.5 Å². The van der Waals surface area contributed by atoms with Crippen molar-refractivity contribution in [1.29, 1.82) is 0 Å². The predicted molar refractivity (Wildman–Crippen MR) is 82.4 cm³/mol. The molecule has 0 saturated carbocycles. The van der Waals surface area contributed by atoms with Gasteiger partial charge < -0.3 is 10.1 Å². The summed E-state index contributed by atoms with van der Waals surface area (Å²) in [5.41, 5.74) is 1.82. The summed E-state index contributed by atoms with van der Waals surface area (Å²) in [6.45, 7) is 3.70. The second-order valence-electron chi connectivity index (χ2n) is 5.08. The summed E-state index contributed by atoms with van der Waals surface area (Å²) in [4.78, 5) is 8.29. The quantitative estimate of drug-likeness (QED) is 0.775. The third-order valence-corrected chi connectivity index (χ3v) is 3.16. The van der Waals surface area contributed by atoms with Gasteiger partial charge in [0, 0.05) is 12.6 Å². The van der Waals surface area contributed by atoms with Crippen molar-refractivity contribution >= 4 is 16.9 Å². The fourth-order valence-electron chi connectivity index (χ4n) is 2.26. The molecular formula is C15H16FN5O. The maximum Gasteiger partial charge on any atom is 0.165 e. The van der Waals surface area contributed by atoms with Crippen LogP contribution in [0.3, 0.4) is 0 Å². The Morgan fingerprint density at radius 1 is 1.27 bits per heavy atom. The molecule has 2 heterocycles. The highest BCUT2D eigenvalue weighted by atomic mass is 19.1. The van der Waals surface area contributed by atoms with Crippen LogP contribution < -0.4 is 10.1 Å². The van der Waals surface area contributed by atoms with E-state index in [0.29, 0.717) is 22.7 Å². The van der Waals surface area contributed by atoms with Crippen LogP contribution >= 0.6 is 0 Å². The number of anilines is 1. The first kappa shape index (κ1) is 14.2. The van der Waals surface area contributed by atoms with Crippen LogP contribution in [0.5, 0.6) is 5.75 Å². The summed E-state index contributed by atoms with van der Waals surface area (Å²) in [6, 6.07) is 4.77. The molecule has 22 heavy (non-hydrogen) atoms. The maximum atomic E-state index is 14.2. The van der Waals surface area contributed by atoms with Gasteiger partial charge in [0.05, 0.1) is 11.5 Å². The molecule has 0 aliphatic carbocycles. The minimum Gasteiger partial charge on any atom is -0.488 e. The van der Waals surface area contributed by atoms with Crippen LogP contribution in [-0.2, 0) is 0 Å². The predicted octanol–water partition coefficient (Wildman–Crippen LogP) is 2.99. The molecule has 0 amide bonds. The summed E-state index contributed by atoms with van der Waals surface area (Å²) in [7, 11) is 1.76. The normalized spacial score (nSPS) is 11.1. The largest absolute Gasteiger partial charge is 0.488 e. The number of hydrogen-bond acceptors (Lipinski definition) is 5. The van der Waals surface area contributed by atoms with Gasteiger partial charge in [-0.25, -0.2) is 14.4 Å². The van der Waals surface area contributed by atoms with Gasteiger partial charge in [-0.2, -0.15) is 5.10 Å². The molecule has 2 N–H and O–H groups in total. The molecule has 0 atom stereocenters. The van der Waals surface area contributed by atoms with Gasteiger partial charge in [-0.05, 0) is 32.0 Å². The van der Waals surface area contributed by atoms with E-state index in [0.717, 1.165) is 5.39 Å². The molecule has 0 saturated heterocycles. The fourth-order valence-corrected chi connectivity index (χ4v) is 2.26. The van der Waals surface area contributed by atoms with Crippen molar-refractivity contribution in [3.63, 3.8) is 0 Å². The number of nitrogens with zero attached hydrogens (tertiary/aromatic N) is 3. The van der Waals surface area contributed by atoms with E-state index >= 15 is 0 Å². The first-order chi connectivity index (χ1) is 10.6. The first-order valence-electron chi connectivity index (χ1n) is 6.93. The molecule has 0 bridgehead atoms. The number of fused-ring (bicyclic) bond motifs is 1. The maximum absolute atomic E-state index is 14.2. The van der Waals surface area contributed by atoms with Crippen molar-refractivity contribution in [2.75, 3.05) is 12.4 Å². The van der Waals surface area contributed by atoms with E-state index in [-0.39, 0.29) is 11.9 Å². The smallest absolute Gasteiger partial charge is 0.165 e. The molecule has 1 aromatic carbocycles. The molecule has 0 aliphatic heterocycles. The van der Waals surface area contributed by atoms with Crippen molar-refractivity contribution in [1.82, 2.24) is 20.2 Å². The Hall–Kier alpha value is -2.70. The van der Waals surface area contributed by atoms with E-state index in [1.807, 2.05) is 13.8 Å². The highest BCUT2D eigenvalue weighted by molar-refractivity contribution is 5.98. The number of benzene rings is 1. The zero-order valence-electron chi connectivity index (χ0n) is 12.5. The Morgan fingerprint density at radius 3 is 2.77 bits per heavy atom. The van der Waals surface area contributed by atoms with Crippen LogP contribution in [-0.4, -0.2) is 33.3 Å². The molecular weight excluding hydrogens is 285 g/mol. The minimum absolute atomic E-state index is 0.0872. The number of halogens is 1. The second kappa shape index (κ2) is 5.59. The molecule has 0 unspecified atom stereocenters. The summed E-state index contributed by atoms with van der Waals surface area (Å²) < 4.78 is 19.6. The van der Waals surface area contributed by atoms with Crippen molar-refractivity contribution in [2.45, 2.75) is 20.0 Å². The zero-order chi connectivity index (χ0) is 15.7. The molecule has 0 fully saturated rings. The van der Waals surface area contributed by atoms with Crippen LogP contribution in [0.4, 0.5) is 10.2 Å². The molecule has 6 nitrogen and oxygen atoms in total. The summed E-state index contributed by atoms with van der Waals surface area (Å²) in [5, 5.41) is 10.8. The van der Waals surface area contributed by atoms with Crippen molar-refractivity contribution in [2.24, 2.45) is 0 Å². The minimum atomic E-state index is -0.426. The van der Waals surface area contributed by atoms with Crippen LogP contribution in [0.1, 0.15) is 13.8 Å². The number of hydrogen-bond donors (Lipinski definition) is 2. The number of ether oxygens (including phenoxy) is 1. The lowest BCUT2D eigenvalue weighted by Gasteiger charge is -2.11. The average Bonchev–Trinajstić information content (AvgIpc) is 2.93. The molecule has 114 valence electrons. The molecule has 0 radical (unpaired) electrons. The van der Waals surface area contributed by atoms with Crippen LogP contribution in [0.25, 0.3) is 22.3 Å². The molecule has 0 aliphatic rings. The van der Waals surface area contributed by atoms with E-state index in [1.54, 1.807) is 19.2 Å². The lowest BCUT2D eigenvalue weighted by atomic mass is 10.1. The standard InChI is InChI=1S/C15H16FN5O/c1-8(2)22-11-5-4-9(6-10(11)16)13-12-14(17-3)18-7-19-15(12)21-20-13/h4-8H,1-3H3,(H2,17,18,19,20,21). The number of H-pyrrole nitrogens is 1. The van der Waals surface area contributed by atoms with E-state index in [9.17, 15) is 4.39 Å². The summed E-state index contributed by atoms with van der Waals surface area (Å²) in [5.74, 6) is 0.436. The highest BCUT2D eigenvalue weighted by Crippen LogP contribution is 2.32. The Bertz CT molecular complexity index is 815. The van der Waals surface area contributed by atoms with Crippen LogP contribution in [0.15, 0.2) is 24.5 Å². The van der Waals surface area contributed by atoms with Gasteiger partial charge in [-0.1, -0.05) is 0 Å². The van der Waals surface area contributed by atoms with Crippen LogP contribution in [0.2, 0.25) is 0 Å². The lowest BCUT2D eigenvalue weighted by Crippen LogP contribution is -2.06. The van der Waals surface area contributed by atoms with Gasteiger partial charge >= 0.3 is 0 Å². The molecule has 3 aromatic rings. The third kappa shape index (κ3) is 2.45. The molecule has 2 aromatic heterocycles. The zero-order valence-corrected chi connectivity index (χ0v) is 12.5. The molecule has 7 heteroatoms. The van der Waals surface area contributed by atoms with Crippen molar-refractivity contribution in [3.8, 4) is 17.0 Å². The topological polar surface area (TPSA) is 75.7 Å². The van der Waals surface area contributed by atoms with Gasteiger partial charge in [0.2, 0.25) is 0 Å². The average molecular weight is 301 g/mol. The Labute approximate surface area is 126 Å². The number of rotatable bonds is 4. The first-order valence-corrected chi connectivity index (χ1v) is 6.93. The van der Waals surface area contributed by atoms with Gasteiger partial charge in [0.25, 0.3) is 0 Å². The van der Waals surface area contributed by atoms with Gasteiger partial charge in [-0.3, -0.25) is 5.10 Å². The lowest BCUT2D eigenvalue weighted by molar-refractivity contribution is 0.231. The Kier molecular flexibility index (Phi) is 3.62. The second-order valence-corrected chi connectivity index (χ2v) is 5.08. The third-order valence-electron chi connectivity index (χ3n) is 3.16. The van der Waals surface area contributed by atoms with Crippen molar-refractivity contribution < 1.29 is 9.13 Å². The number of aromatic amines is 1. The van der Waals surface area contributed by atoms with Crippen LogP contribution in [0, 0.1) is 5.82 Å². The summed E-state index contributed by atoms with van der Waals surface area (Å²) in [6.07, 6.45) is 1.35. The van der Waals surface area contributed by atoms with Gasteiger partial charge in [-0.15, -0.1) is 0 Å². The fraction of sp³-hybridized carbons (Fsp3) is 0.267. The monoisotopic (exact) mass is 301 g/mol. The molecule has 3 rings (SSSR count). The highest BCUT2D eigenvalue weighted by Gasteiger charge is 2.16. The van der Waals surface area contributed by atoms with E-state index in [1.165, 1.54) is 12.4 Å². The Balaban J connectivity index is 2.10. The number of nitrogens with one attached hydrogen (secondary N) is 2. The summed E-state index contributed by atoms with van der Waals surface area (Å²) >= 11 is 0. The van der Waals surface area contributed by atoms with Gasteiger partial charge in [0.15, 0.2) is 17.2 Å². The van der Waals surface area contributed by atoms with E-state index < -0.39 is 5.82 Å². The van der Waals surface area contributed by atoms with E-state index in [4.69, 9.17) is 4.74 Å². The van der Waals surface area contributed by atoms with Crippen molar-refractivity contribution in [3.05, 3.63) is 30.3 Å². The SMILES string of the molecule is CNc1ncnc2[nH]nc(-c3ccc(OC(C)C)c(F)c3)c12. The Morgan fingerprint density at radius 2 is 2.09 bits per heavy atom. The molecule has 0 spiro atoms.